The van der Waals surface area contributed by atoms with Gasteiger partial charge in [0.05, 0.1) is 10.6 Å². The molecule has 2 rings (SSSR count). The van der Waals surface area contributed by atoms with Crippen molar-refractivity contribution < 1.29 is 12.8 Å². The first-order chi connectivity index (χ1) is 9.92. The van der Waals surface area contributed by atoms with Crippen molar-refractivity contribution in [1.29, 1.82) is 0 Å². The minimum Gasteiger partial charge on any atom is -0.277 e. The van der Waals surface area contributed by atoms with Crippen LogP contribution < -0.4 is 4.72 Å². The van der Waals surface area contributed by atoms with Gasteiger partial charge in [-0.15, -0.1) is 0 Å². The summed E-state index contributed by atoms with van der Waals surface area (Å²) in [5, 5.41) is 0. The lowest BCUT2D eigenvalue weighted by molar-refractivity contribution is 0.598. The molecule has 3 nitrogen and oxygen atoms in total. The van der Waals surface area contributed by atoms with Gasteiger partial charge in [-0.05, 0) is 64.9 Å². The number of hydrogen-bond acceptors (Lipinski definition) is 2. The summed E-state index contributed by atoms with van der Waals surface area (Å²) >= 11 is 1.97. The van der Waals surface area contributed by atoms with Crippen LogP contribution in [0.4, 0.5) is 10.1 Å². The summed E-state index contributed by atoms with van der Waals surface area (Å²) in [7, 11) is -3.77. The molecule has 0 unspecified atom stereocenters. The topological polar surface area (TPSA) is 46.2 Å². The fraction of sp³-hybridized carbons (Fsp3) is 0.200. The molecule has 0 spiro atoms. The zero-order chi connectivity index (χ0) is 15.5. The second kappa shape index (κ2) is 6.74. The molecule has 2 aromatic rings. The lowest BCUT2D eigenvalue weighted by Crippen LogP contribution is -2.14. The number of halogens is 2. The van der Waals surface area contributed by atoms with Crippen LogP contribution in [-0.4, -0.2) is 8.42 Å². The highest BCUT2D eigenvalue weighted by Gasteiger charge is 2.16. The van der Waals surface area contributed by atoms with Gasteiger partial charge in [0.1, 0.15) is 5.82 Å². The Kier molecular flexibility index (Phi) is 5.21. The summed E-state index contributed by atoms with van der Waals surface area (Å²) in [6.45, 7) is 2.06. The van der Waals surface area contributed by atoms with Crippen molar-refractivity contribution in [2.45, 2.75) is 24.7 Å². The Balaban J connectivity index is 2.25. The molecule has 0 aliphatic heterocycles. The molecule has 0 saturated carbocycles. The van der Waals surface area contributed by atoms with Crippen LogP contribution in [0.2, 0.25) is 0 Å². The summed E-state index contributed by atoms with van der Waals surface area (Å²) in [5.74, 6) is -0.590. The van der Waals surface area contributed by atoms with E-state index >= 15 is 0 Å². The van der Waals surface area contributed by atoms with Gasteiger partial charge in [-0.1, -0.05) is 25.5 Å². The first-order valence-electron chi connectivity index (χ1n) is 6.49. The molecule has 0 amide bonds. The minimum atomic E-state index is -3.77. The van der Waals surface area contributed by atoms with Gasteiger partial charge in [-0.2, -0.15) is 0 Å². The van der Waals surface area contributed by atoms with Crippen LogP contribution in [0.15, 0.2) is 47.4 Å². The van der Waals surface area contributed by atoms with Crippen molar-refractivity contribution in [2.75, 3.05) is 4.72 Å². The van der Waals surface area contributed by atoms with Gasteiger partial charge in [0.2, 0.25) is 0 Å². The Morgan fingerprint density at radius 2 is 1.81 bits per heavy atom. The monoisotopic (exact) mass is 419 g/mol. The largest absolute Gasteiger partial charge is 0.277 e. The second-order valence-corrected chi connectivity index (χ2v) is 7.55. The van der Waals surface area contributed by atoms with Gasteiger partial charge in [0.25, 0.3) is 10.0 Å². The van der Waals surface area contributed by atoms with Gasteiger partial charge in [0.15, 0.2) is 0 Å². The van der Waals surface area contributed by atoms with Crippen molar-refractivity contribution in [3.8, 4) is 0 Å². The van der Waals surface area contributed by atoms with Crippen LogP contribution in [0, 0.1) is 9.39 Å². The number of hydrogen-bond donors (Lipinski definition) is 1. The molecule has 0 aromatic heterocycles. The smallest absolute Gasteiger partial charge is 0.261 e. The molecule has 0 atom stereocenters. The molecule has 0 heterocycles. The van der Waals surface area contributed by atoms with Crippen molar-refractivity contribution in [3.63, 3.8) is 0 Å². The highest BCUT2D eigenvalue weighted by atomic mass is 127. The Bertz CT molecular complexity index is 730. The predicted molar refractivity (Wildman–Crippen MR) is 90.4 cm³/mol. The first-order valence-corrected chi connectivity index (χ1v) is 9.05. The van der Waals surface area contributed by atoms with Crippen LogP contribution in [0.5, 0.6) is 0 Å². The third-order valence-electron chi connectivity index (χ3n) is 2.95. The van der Waals surface area contributed by atoms with Gasteiger partial charge >= 0.3 is 0 Å². The normalized spacial score (nSPS) is 11.4. The fourth-order valence-corrected chi connectivity index (χ4v) is 3.42. The number of benzene rings is 2. The van der Waals surface area contributed by atoms with Crippen molar-refractivity contribution in [2.24, 2.45) is 0 Å². The van der Waals surface area contributed by atoms with Crippen LogP contribution in [-0.2, 0) is 16.4 Å². The van der Waals surface area contributed by atoms with E-state index in [0.29, 0.717) is 3.57 Å². The average molecular weight is 419 g/mol. The third-order valence-corrected chi connectivity index (χ3v) is 5.00. The van der Waals surface area contributed by atoms with E-state index in [4.69, 9.17) is 0 Å². The highest BCUT2D eigenvalue weighted by Crippen LogP contribution is 2.21. The Morgan fingerprint density at radius 1 is 1.14 bits per heavy atom. The molecule has 2 aromatic carbocycles. The highest BCUT2D eigenvalue weighted by molar-refractivity contribution is 14.1. The SMILES string of the molecule is CCCc1ccc(S(=O)(=O)Nc2ccc(I)cc2F)cc1. The summed E-state index contributed by atoms with van der Waals surface area (Å²) < 4.78 is 41.2. The van der Waals surface area contributed by atoms with Gasteiger partial charge in [-0.25, -0.2) is 12.8 Å². The van der Waals surface area contributed by atoms with Crippen LogP contribution in [0.1, 0.15) is 18.9 Å². The predicted octanol–water partition coefficient (Wildman–Crippen LogP) is 4.18. The van der Waals surface area contributed by atoms with Gasteiger partial charge in [0, 0.05) is 3.57 Å². The Hall–Kier alpha value is -1.15. The van der Waals surface area contributed by atoms with Crippen molar-refractivity contribution in [1.82, 2.24) is 0 Å². The maximum atomic E-state index is 13.7. The number of sulfonamides is 1. The number of aryl methyl sites for hydroxylation is 1. The van der Waals surface area contributed by atoms with Gasteiger partial charge in [-0.3, -0.25) is 4.72 Å². The quantitative estimate of drug-likeness (QED) is 0.740. The van der Waals surface area contributed by atoms with Crippen LogP contribution in [0.25, 0.3) is 0 Å². The lowest BCUT2D eigenvalue weighted by atomic mass is 10.1. The molecule has 0 saturated heterocycles. The molecule has 0 radical (unpaired) electrons. The summed E-state index contributed by atoms with van der Waals surface area (Å²) in [6, 6.07) is 11.0. The summed E-state index contributed by atoms with van der Waals surface area (Å²) in [4.78, 5) is 0.125. The standard InChI is InChI=1S/C15H15FINO2S/c1-2-3-11-4-7-13(8-5-11)21(19,20)18-15-9-6-12(17)10-14(15)16/h4-10,18H,2-3H2,1H3. The first kappa shape index (κ1) is 16.2. The summed E-state index contributed by atoms with van der Waals surface area (Å²) in [6.07, 6.45) is 1.90. The van der Waals surface area contributed by atoms with E-state index in [1.54, 1.807) is 18.2 Å². The van der Waals surface area contributed by atoms with E-state index in [0.717, 1.165) is 18.4 Å². The molecule has 112 valence electrons. The molecule has 6 heteroatoms. The Morgan fingerprint density at radius 3 is 2.38 bits per heavy atom. The number of anilines is 1. The zero-order valence-corrected chi connectivity index (χ0v) is 14.4. The number of nitrogens with one attached hydrogen (secondary N) is 1. The van der Waals surface area contributed by atoms with Crippen LogP contribution in [0.3, 0.4) is 0 Å². The van der Waals surface area contributed by atoms with E-state index in [2.05, 4.69) is 11.6 Å². The molecule has 1 N–H and O–H groups in total. The molecule has 0 aliphatic rings. The Labute approximate surface area is 137 Å². The average Bonchev–Trinajstić information content (AvgIpc) is 2.43. The molecule has 0 bridgehead atoms. The zero-order valence-electron chi connectivity index (χ0n) is 11.4. The minimum absolute atomic E-state index is 0.0481. The van der Waals surface area contributed by atoms with Crippen molar-refractivity contribution >= 4 is 38.3 Å². The van der Waals surface area contributed by atoms with Crippen molar-refractivity contribution in [3.05, 3.63) is 57.4 Å². The lowest BCUT2D eigenvalue weighted by Gasteiger charge is -2.09. The number of rotatable bonds is 5. The third kappa shape index (κ3) is 4.16. The van der Waals surface area contributed by atoms with E-state index in [-0.39, 0.29) is 10.6 Å². The molecule has 0 fully saturated rings. The van der Waals surface area contributed by atoms with E-state index in [1.165, 1.54) is 24.3 Å². The molecular weight excluding hydrogens is 404 g/mol. The van der Waals surface area contributed by atoms with Crippen LogP contribution >= 0.6 is 22.6 Å². The maximum absolute atomic E-state index is 13.7. The summed E-state index contributed by atoms with van der Waals surface area (Å²) in [5.41, 5.74) is 1.03. The fourth-order valence-electron chi connectivity index (χ4n) is 1.90. The van der Waals surface area contributed by atoms with E-state index in [9.17, 15) is 12.8 Å². The molecule has 21 heavy (non-hydrogen) atoms. The molecular formula is C15H15FINO2S. The molecule has 0 aliphatic carbocycles. The van der Waals surface area contributed by atoms with E-state index < -0.39 is 15.8 Å². The second-order valence-electron chi connectivity index (χ2n) is 4.62. The van der Waals surface area contributed by atoms with Gasteiger partial charge < -0.3 is 0 Å². The van der Waals surface area contributed by atoms with E-state index in [1.807, 2.05) is 22.6 Å². The maximum Gasteiger partial charge on any atom is 0.261 e.